The van der Waals surface area contributed by atoms with E-state index in [-0.39, 0.29) is 0 Å². The van der Waals surface area contributed by atoms with Crippen molar-refractivity contribution in [2.24, 2.45) is 18.4 Å². The summed E-state index contributed by atoms with van der Waals surface area (Å²) >= 11 is 0. The van der Waals surface area contributed by atoms with Gasteiger partial charge in [0.05, 0.1) is 5.69 Å². The van der Waals surface area contributed by atoms with Gasteiger partial charge < -0.3 is 0 Å². The summed E-state index contributed by atoms with van der Waals surface area (Å²) in [5.41, 5.74) is 1.48. The van der Waals surface area contributed by atoms with Gasteiger partial charge in [0.25, 0.3) is 0 Å². The van der Waals surface area contributed by atoms with E-state index in [2.05, 4.69) is 44.9 Å². The molecule has 3 heteroatoms. The summed E-state index contributed by atoms with van der Waals surface area (Å²) in [6.45, 7) is 11.4. The fraction of sp³-hybridized carbons (Fsp3) is 0.833. The van der Waals surface area contributed by atoms with Crippen molar-refractivity contribution >= 4 is 0 Å². The lowest BCUT2D eigenvalue weighted by molar-refractivity contribution is 0.235. The Morgan fingerprint density at radius 3 is 2.33 bits per heavy atom. The van der Waals surface area contributed by atoms with Crippen LogP contribution >= 0.6 is 0 Å². The van der Waals surface area contributed by atoms with E-state index in [4.69, 9.17) is 0 Å². The molecule has 1 rings (SSSR count). The Morgan fingerprint density at radius 2 is 1.93 bits per heavy atom. The summed E-state index contributed by atoms with van der Waals surface area (Å²) in [6.07, 6.45) is 3.18. The Labute approximate surface area is 92.9 Å². The number of hydrogen-bond donors (Lipinski definition) is 0. The smallest absolute Gasteiger partial charge is 0.0855 e. The van der Waals surface area contributed by atoms with E-state index in [1.54, 1.807) is 4.68 Å². The molecule has 0 saturated carbocycles. The van der Waals surface area contributed by atoms with Crippen LogP contribution in [0, 0.1) is 11.3 Å². The van der Waals surface area contributed by atoms with Gasteiger partial charge in [-0.15, -0.1) is 5.10 Å². The molecule has 0 spiro atoms. The van der Waals surface area contributed by atoms with Crippen LogP contribution in [-0.2, 0) is 7.05 Å². The third-order valence-corrected chi connectivity index (χ3v) is 3.31. The molecule has 0 N–H and O–H groups in total. The first-order chi connectivity index (χ1) is 6.80. The topological polar surface area (TPSA) is 30.7 Å². The van der Waals surface area contributed by atoms with E-state index < -0.39 is 0 Å². The summed E-state index contributed by atoms with van der Waals surface area (Å²) in [7, 11) is 1.91. The second-order valence-corrected chi connectivity index (χ2v) is 5.72. The van der Waals surface area contributed by atoms with Gasteiger partial charge in [-0.3, -0.25) is 4.68 Å². The molecular weight excluding hydrogens is 186 g/mol. The normalized spacial score (nSPS) is 16.4. The fourth-order valence-corrected chi connectivity index (χ4v) is 1.60. The van der Waals surface area contributed by atoms with Crippen molar-refractivity contribution in [3.63, 3.8) is 0 Å². The molecule has 1 aromatic rings. The van der Waals surface area contributed by atoms with Crippen molar-refractivity contribution < 1.29 is 0 Å². The second-order valence-electron chi connectivity index (χ2n) is 5.72. The lowest BCUT2D eigenvalue weighted by Gasteiger charge is -2.29. The number of aryl methyl sites for hydroxylation is 1. The molecule has 0 bridgehead atoms. The van der Waals surface area contributed by atoms with Crippen LogP contribution in [0.15, 0.2) is 6.20 Å². The quantitative estimate of drug-likeness (QED) is 0.766. The highest BCUT2D eigenvalue weighted by molar-refractivity contribution is 5.00. The van der Waals surface area contributed by atoms with Gasteiger partial charge in [0.15, 0.2) is 0 Å². The van der Waals surface area contributed by atoms with Crippen LogP contribution in [0.2, 0.25) is 0 Å². The van der Waals surface area contributed by atoms with Crippen molar-refractivity contribution in [3.05, 3.63) is 11.9 Å². The first kappa shape index (κ1) is 12.2. The fourth-order valence-electron chi connectivity index (χ4n) is 1.60. The van der Waals surface area contributed by atoms with Gasteiger partial charge in [-0.1, -0.05) is 39.8 Å². The van der Waals surface area contributed by atoms with Crippen molar-refractivity contribution in [2.45, 2.75) is 47.0 Å². The van der Waals surface area contributed by atoms with Crippen molar-refractivity contribution in [1.82, 2.24) is 15.0 Å². The number of hydrogen-bond acceptors (Lipinski definition) is 2. The van der Waals surface area contributed by atoms with E-state index >= 15 is 0 Å². The van der Waals surface area contributed by atoms with Crippen molar-refractivity contribution in [1.29, 1.82) is 0 Å². The molecule has 0 aliphatic heterocycles. The van der Waals surface area contributed by atoms with Gasteiger partial charge in [-0.2, -0.15) is 0 Å². The maximum absolute atomic E-state index is 4.16. The lowest BCUT2D eigenvalue weighted by atomic mass is 9.77. The molecule has 1 aromatic heterocycles. The van der Waals surface area contributed by atoms with Gasteiger partial charge in [0.2, 0.25) is 0 Å². The van der Waals surface area contributed by atoms with Crippen molar-refractivity contribution in [3.8, 4) is 0 Å². The minimum Gasteiger partial charge on any atom is -0.255 e. The van der Waals surface area contributed by atoms with E-state index in [1.165, 1.54) is 6.42 Å². The molecule has 0 aromatic carbocycles. The zero-order chi connectivity index (χ0) is 11.6. The monoisotopic (exact) mass is 209 g/mol. The van der Waals surface area contributed by atoms with E-state index in [9.17, 15) is 0 Å². The molecular formula is C12H23N3. The van der Waals surface area contributed by atoms with Crippen LogP contribution in [-0.4, -0.2) is 15.0 Å². The van der Waals surface area contributed by atoms with E-state index in [0.29, 0.717) is 17.3 Å². The van der Waals surface area contributed by atoms with Gasteiger partial charge in [0.1, 0.15) is 0 Å². The Bertz CT molecular complexity index is 309. The second kappa shape index (κ2) is 4.33. The maximum atomic E-state index is 4.16. The number of rotatable bonds is 3. The first-order valence-electron chi connectivity index (χ1n) is 5.67. The molecule has 0 saturated heterocycles. The molecule has 15 heavy (non-hydrogen) atoms. The molecule has 3 nitrogen and oxygen atoms in total. The SMILES string of the molecule is CC(CC(C)C(C)(C)C)c1cn(C)nn1. The summed E-state index contributed by atoms with van der Waals surface area (Å²) in [5.74, 6) is 1.18. The summed E-state index contributed by atoms with van der Waals surface area (Å²) in [4.78, 5) is 0. The van der Waals surface area contributed by atoms with Crippen LogP contribution in [0.25, 0.3) is 0 Å². The molecule has 0 amide bonds. The van der Waals surface area contributed by atoms with Crippen molar-refractivity contribution in [2.75, 3.05) is 0 Å². The highest BCUT2D eigenvalue weighted by Crippen LogP contribution is 2.33. The summed E-state index contributed by atoms with van der Waals surface area (Å²) in [6, 6.07) is 0. The minimum absolute atomic E-state index is 0.371. The highest BCUT2D eigenvalue weighted by Gasteiger charge is 2.23. The predicted octanol–water partition coefficient (Wildman–Crippen LogP) is 2.99. The Hall–Kier alpha value is -0.860. The Kier molecular flexibility index (Phi) is 3.53. The molecule has 0 aliphatic carbocycles. The summed E-state index contributed by atoms with van der Waals surface area (Å²) in [5, 5.41) is 8.14. The molecule has 2 atom stereocenters. The molecule has 1 heterocycles. The Balaban J connectivity index is 2.60. The average molecular weight is 209 g/mol. The first-order valence-corrected chi connectivity index (χ1v) is 5.67. The van der Waals surface area contributed by atoms with Crippen LogP contribution in [0.3, 0.4) is 0 Å². The highest BCUT2D eigenvalue weighted by atomic mass is 15.4. The molecule has 0 radical (unpaired) electrons. The predicted molar refractivity (Wildman–Crippen MR) is 62.7 cm³/mol. The Morgan fingerprint density at radius 1 is 1.33 bits per heavy atom. The van der Waals surface area contributed by atoms with Crippen LogP contribution in [0.4, 0.5) is 0 Å². The maximum Gasteiger partial charge on any atom is 0.0855 e. The van der Waals surface area contributed by atoms with Gasteiger partial charge >= 0.3 is 0 Å². The average Bonchev–Trinajstić information content (AvgIpc) is 2.50. The molecule has 86 valence electrons. The van der Waals surface area contributed by atoms with E-state index in [1.807, 2.05) is 13.2 Å². The number of aromatic nitrogens is 3. The molecule has 0 fully saturated rings. The molecule has 2 unspecified atom stereocenters. The zero-order valence-electron chi connectivity index (χ0n) is 10.8. The zero-order valence-corrected chi connectivity index (χ0v) is 10.8. The van der Waals surface area contributed by atoms with Gasteiger partial charge in [0, 0.05) is 19.2 Å². The van der Waals surface area contributed by atoms with Gasteiger partial charge in [-0.25, -0.2) is 0 Å². The number of nitrogens with zero attached hydrogens (tertiary/aromatic N) is 3. The largest absolute Gasteiger partial charge is 0.255 e. The summed E-state index contributed by atoms with van der Waals surface area (Å²) < 4.78 is 1.77. The van der Waals surface area contributed by atoms with E-state index in [0.717, 1.165) is 5.69 Å². The standard InChI is InChI=1S/C12H23N3/c1-9(7-10(2)12(3,4)5)11-8-15(6)14-13-11/h8-10H,7H2,1-6H3. The minimum atomic E-state index is 0.371. The van der Waals surface area contributed by atoms with Crippen LogP contribution in [0.1, 0.15) is 52.7 Å². The van der Waals surface area contributed by atoms with Crippen LogP contribution in [0.5, 0.6) is 0 Å². The lowest BCUT2D eigenvalue weighted by Crippen LogP contribution is -2.19. The van der Waals surface area contributed by atoms with Crippen LogP contribution < -0.4 is 0 Å². The third-order valence-electron chi connectivity index (χ3n) is 3.31. The van der Waals surface area contributed by atoms with Gasteiger partial charge in [-0.05, 0) is 17.8 Å². The molecule has 0 aliphatic rings. The third kappa shape index (κ3) is 3.33.